The minimum absolute atomic E-state index is 0.0644. The summed E-state index contributed by atoms with van der Waals surface area (Å²) in [6.45, 7) is -0.682. The fourth-order valence-electron chi connectivity index (χ4n) is 3.73. The zero-order chi connectivity index (χ0) is 26.3. The minimum Gasteiger partial charge on any atom is -0.357 e. The molecule has 7 nitrogen and oxygen atoms in total. The van der Waals surface area contributed by atoms with Gasteiger partial charge in [0.2, 0.25) is 21.8 Å². The number of anilines is 1. The third kappa shape index (κ3) is 7.11. The molecule has 36 heavy (non-hydrogen) atoms. The minimum atomic E-state index is -3.94. The Kier molecular flexibility index (Phi) is 8.76. The first-order chi connectivity index (χ1) is 17.1. The lowest BCUT2D eigenvalue weighted by Gasteiger charge is -2.33. The first kappa shape index (κ1) is 26.8. The quantitative estimate of drug-likeness (QED) is 0.450. The lowest BCUT2D eigenvalue weighted by molar-refractivity contribution is -0.139. The van der Waals surface area contributed by atoms with Crippen molar-refractivity contribution in [2.75, 3.05) is 24.2 Å². The summed E-state index contributed by atoms with van der Waals surface area (Å²) in [4.78, 5) is 27.9. The summed E-state index contributed by atoms with van der Waals surface area (Å²) in [5, 5.41) is 2.57. The summed E-state index contributed by atoms with van der Waals surface area (Å²) < 4.78 is 52.9. The van der Waals surface area contributed by atoms with Gasteiger partial charge in [0.15, 0.2) is 0 Å². The van der Waals surface area contributed by atoms with Crippen molar-refractivity contribution < 1.29 is 26.8 Å². The highest BCUT2D eigenvalue weighted by molar-refractivity contribution is 7.92. The largest absolute Gasteiger partial charge is 0.357 e. The molecule has 3 rings (SSSR count). The van der Waals surface area contributed by atoms with Gasteiger partial charge in [-0.25, -0.2) is 17.2 Å². The number of carbonyl (C=O) groups excluding carboxylic acids is 2. The van der Waals surface area contributed by atoms with Crippen LogP contribution in [0.15, 0.2) is 78.9 Å². The molecule has 190 valence electrons. The number of nitrogens with one attached hydrogen (secondary N) is 1. The van der Waals surface area contributed by atoms with Crippen LogP contribution in [0.1, 0.15) is 11.1 Å². The van der Waals surface area contributed by atoms with Gasteiger partial charge in [-0.2, -0.15) is 0 Å². The number of benzene rings is 3. The molecule has 0 saturated carbocycles. The predicted octanol–water partition coefficient (Wildman–Crippen LogP) is 3.12. The van der Waals surface area contributed by atoms with E-state index in [4.69, 9.17) is 0 Å². The van der Waals surface area contributed by atoms with E-state index >= 15 is 0 Å². The van der Waals surface area contributed by atoms with E-state index < -0.39 is 46.1 Å². The molecule has 1 N–H and O–H groups in total. The Morgan fingerprint density at radius 1 is 0.861 bits per heavy atom. The third-order valence-electron chi connectivity index (χ3n) is 5.58. The van der Waals surface area contributed by atoms with E-state index in [1.807, 2.05) is 30.3 Å². The third-order valence-corrected chi connectivity index (χ3v) is 6.72. The molecule has 0 aliphatic carbocycles. The molecule has 1 atom stereocenters. The molecular weight excluding hydrogens is 488 g/mol. The molecule has 3 aromatic rings. The molecule has 0 aliphatic heterocycles. The van der Waals surface area contributed by atoms with Crippen molar-refractivity contribution in [3.8, 4) is 0 Å². The van der Waals surface area contributed by atoms with E-state index in [0.717, 1.165) is 28.3 Å². The summed E-state index contributed by atoms with van der Waals surface area (Å²) >= 11 is 0. The molecule has 10 heteroatoms. The number of hydrogen-bond acceptors (Lipinski definition) is 4. The normalized spacial score (nSPS) is 12.0. The first-order valence-corrected chi connectivity index (χ1v) is 13.0. The van der Waals surface area contributed by atoms with E-state index in [0.29, 0.717) is 5.56 Å². The van der Waals surface area contributed by atoms with Crippen LogP contribution in [0.25, 0.3) is 0 Å². The number of likely N-dealkylation sites (N-methyl/N-ethyl adjacent to an activating group) is 1. The summed E-state index contributed by atoms with van der Waals surface area (Å²) in [5.41, 5.74) is 1.45. The van der Waals surface area contributed by atoms with Crippen LogP contribution >= 0.6 is 0 Å². The van der Waals surface area contributed by atoms with E-state index in [1.54, 1.807) is 0 Å². The van der Waals surface area contributed by atoms with Crippen LogP contribution in [0.5, 0.6) is 0 Å². The van der Waals surface area contributed by atoms with Gasteiger partial charge < -0.3 is 10.2 Å². The molecule has 0 aliphatic rings. The Morgan fingerprint density at radius 2 is 1.42 bits per heavy atom. The lowest BCUT2D eigenvalue weighted by Crippen LogP contribution is -2.52. The molecule has 0 spiro atoms. The van der Waals surface area contributed by atoms with Crippen molar-refractivity contribution in [3.63, 3.8) is 0 Å². The Labute approximate surface area is 209 Å². The standard InChI is InChI=1S/C26H27F2N3O4S/c1-29-26(33)24(16-19-6-4-3-5-7-19)30(17-20-8-10-21(27)11-9-20)25(32)18-31(36(2,34)35)23-14-12-22(28)13-15-23/h3-15,24H,16-18H2,1-2H3,(H,29,33)/t24-/m1/s1. The van der Waals surface area contributed by atoms with Crippen molar-refractivity contribution in [1.82, 2.24) is 10.2 Å². The van der Waals surface area contributed by atoms with Gasteiger partial charge in [-0.1, -0.05) is 42.5 Å². The van der Waals surface area contributed by atoms with Gasteiger partial charge in [-0.05, 0) is 47.5 Å². The second-order valence-corrected chi connectivity index (χ2v) is 10.1. The summed E-state index contributed by atoms with van der Waals surface area (Å²) in [6.07, 6.45) is 1.11. The second kappa shape index (κ2) is 11.8. The highest BCUT2D eigenvalue weighted by Crippen LogP contribution is 2.21. The van der Waals surface area contributed by atoms with E-state index in [-0.39, 0.29) is 18.7 Å². The molecule has 0 radical (unpaired) electrons. The van der Waals surface area contributed by atoms with E-state index in [9.17, 15) is 26.8 Å². The number of rotatable bonds is 10. The van der Waals surface area contributed by atoms with Crippen molar-refractivity contribution in [3.05, 3.63) is 102 Å². The molecule has 0 bridgehead atoms. The van der Waals surface area contributed by atoms with Gasteiger partial charge in [-0.15, -0.1) is 0 Å². The van der Waals surface area contributed by atoms with Gasteiger partial charge >= 0.3 is 0 Å². The van der Waals surface area contributed by atoms with Crippen LogP contribution in [0.2, 0.25) is 0 Å². The maximum atomic E-state index is 13.7. The van der Waals surface area contributed by atoms with Crippen LogP contribution in [0.3, 0.4) is 0 Å². The van der Waals surface area contributed by atoms with Crippen LogP contribution in [0.4, 0.5) is 14.5 Å². The molecule has 0 saturated heterocycles. The molecule has 3 aromatic carbocycles. The second-order valence-electron chi connectivity index (χ2n) is 8.21. The number of amides is 2. The van der Waals surface area contributed by atoms with E-state index in [2.05, 4.69) is 5.32 Å². The van der Waals surface area contributed by atoms with Crippen LogP contribution in [0, 0.1) is 11.6 Å². The summed E-state index contributed by atoms with van der Waals surface area (Å²) in [6, 6.07) is 18.3. The van der Waals surface area contributed by atoms with Gasteiger partial charge in [0.1, 0.15) is 24.2 Å². The number of nitrogens with zero attached hydrogens (tertiary/aromatic N) is 2. The SMILES string of the molecule is CNC(=O)[C@@H](Cc1ccccc1)N(Cc1ccc(F)cc1)C(=O)CN(c1ccc(F)cc1)S(C)(=O)=O. The monoisotopic (exact) mass is 515 g/mol. The predicted molar refractivity (Wildman–Crippen MR) is 134 cm³/mol. The first-order valence-electron chi connectivity index (χ1n) is 11.1. The van der Waals surface area contributed by atoms with Gasteiger partial charge in [-0.3, -0.25) is 13.9 Å². The van der Waals surface area contributed by atoms with E-state index in [1.165, 1.54) is 48.3 Å². The van der Waals surface area contributed by atoms with Crippen molar-refractivity contribution in [1.29, 1.82) is 0 Å². The average molecular weight is 516 g/mol. The fraction of sp³-hybridized carbons (Fsp3) is 0.231. The molecule has 0 heterocycles. The van der Waals surface area contributed by atoms with Crippen molar-refractivity contribution >= 4 is 27.5 Å². The Bertz CT molecular complexity index is 1290. The van der Waals surface area contributed by atoms with Crippen LogP contribution in [-0.2, 0) is 32.6 Å². The lowest BCUT2D eigenvalue weighted by atomic mass is 10.0. The fourth-order valence-corrected chi connectivity index (χ4v) is 4.58. The molecular formula is C26H27F2N3O4S. The van der Waals surface area contributed by atoms with Crippen molar-refractivity contribution in [2.45, 2.75) is 19.0 Å². The number of sulfonamides is 1. The van der Waals surface area contributed by atoms with Gasteiger partial charge in [0, 0.05) is 20.0 Å². The Hall–Kier alpha value is -3.79. The number of carbonyl (C=O) groups is 2. The Morgan fingerprint density at radius 3 is 1.94 bits per heavy atom. The smallest absolute Gasteiger partial charge is 0.244 e. The number of hydrogen-bond donors (Lipinski definition) is 1. The number of halogens is 2. The van der Waals surface area contributed by atoms with Crippen molar-refractivity contribution in [2.24, 2.45) is 0 Å². The maximum Gasteiger partial charge on any atom is 0.244 e. The van der Waals surface area contributed by atoms with Crippen LogP contribution < -0.4 is 9.62 Å². The molecule has 0 aromatic heterocycles. The molecule has 2 amide bonds. The average Bonchev–Trinajstić information content (AvgIpc) is 2.86. The molecule has 0 unspecified atom stereocenters. The zero-order valence-electron chi connectivity index (χ0n) is 19.9. The zero-order valence-corrected chi connectivity index (χ0v) is 20.7. The Balaban J connectivity index is 2.00. The van der Waals surface area contributed by atoms with Gasteiger partial charge in [0.25, 0.3) is 0 Å². The van der Waals surface area contributed by atoms with Gasteiger partial charge in [0.05, 0.1) is 11.9 Å². The van der Waals surface area contributed by atoms with Crippen LogP contribution in [-0.4, -0.2) is 51.0 Å². The summed E-state index contributed by atoms with van der Waals surface area (Å²) in [7, 11) is -2.49. The molecule has 0 fully saturated rings. The highest BCUT2D eigenvalue weighted by atomic mass is 32.2. The maximum absolute atomic E-state index is 13.7. The summed E-state index contributed by atoms with van der Waals surface area (Å²) in [5.74, 6) is -2.11. The topological polar surface area (TPSA) is 86.8 Å². The highest BCUT2D eigenvalue weighted by Gasteiger charge is 2.32.